The van der Waals surface area contributed by atoms with Crippen LogP contribution in [0, 0.1) is 0 Å². The van der Waals surface area contributed by atoms with Gasteiger partial charge in [0.05, 0.1) is 50.7 Å². The molecule has 5 aromatic rings. The van der Waals surface area contributed by atoms with Gasteiger partial charge in [0.1, 0.15) is 35.0 Å². The number of nitrogens with zero attached hydrogens (tertiary/aromatic N) is 6. The zero-order valence-electron chi connectivity index (χ0n) is 32.4. The van der Waals surface area contributed by atoms with E-state index in [1.54, 1.807) is 14.2 Å². The zero-order chi connectivity index (χ0) is 37.9. The van der Waals surface area contributed by atoms with Crippen LogP contribution in [0.25, 0.3) is 33.5 Å². The number of hydrogen-bond acceptors (Lipinski definition) is 10. The maximum absolute atomic E-state index is 12.4. The lowest BCUT2D eigenvalue weighted by Gasteiger charge is -2.37. The fourth-order valence-corrected chi connectivity index (χ4v) is 6.94. The monoisotopic (exact) mass is 742 g/mol. The predicted molar refractivity (Wildman–Crippen MR) is 208 cm³/mol. The van der Waals surface area contributed by atoms with Gasteiger partial charge in [0, 0.05) is 71.0 Å². The summed E-state index contributed by atoms with van der Waals surface area (Å²) in [6, 6.07) is 11.1. The molecule has 1 N–H and O–H groups in total. The number of methoxy groups -OCH3 is 2. The number of hydrogen-bond donors (Lipinski definition) is 1. The van der Waals surface area contributed by atoms with Crippen LogP contribution >= 0.6 is 0 Å². The highest BCUT2D eigenvalue weighted by atomic mass is 28.3. The lowest BCUT2D eigenvalue weighted by Crippen LogP contribution is -2.52. The molecule has 1 aromatic carbocycles. The number of amides is 1. The molecule has 4 aromatic heterocycles. The largest absolute Gasteiger partial charge is 0.497 e. The van der Waals surface area contributed by atoms with Crippen LogP contribution < -0.4 is 19.7 Å². The third-order valence-corrected chi connectivity index (χ3v) is 10.6. The van der Waals surface area contributed by atoms with Gasteiger partial charge in [0.2, 0.25) is 0 Å². The van der Waals surface area contributed by atoms with E-state index in [4.69, 9.17) is 38.6 Å². The molecule has 1 aliphatic carbocycles. The Labute approximate surface area is 313 Å². The van der Waals surface area contributed by atoms with E-state index in [2.05, 4.69) is 48.7 Å². The van der Waals surface area contributed by atoms with E-state index < -0.39 is 11.7 Å². The average molecular weight is 743 g/mol. The molecule has 53 heavy (non-hydrogen) atoms. The molecule has 0 saturated heterocycles. The highest BCUT2D eigenvalue weighted by Crippen LogP contribution is 2.36. The molecule has 0 bridgehead atoms. The molecule has 1 aliphatic rings. The Bertz CT molecular complexity index is 2060. The van der Waals surface area contributed by atoms with Crippen LogP contribution in [0.1, 0.15) is 44.7 Å². The van der Waals surface area contributed by atoms with Crippen LogP contribution in [0.2, 0.25) is 19.1 Å². The van der Waals surface area contributed by atoms with Crippen molar-refractivity contribution in [3.05, 3.63) is 60.2 Å². The minimum atomic E-state index is -0.555. The third kappa shape index (κ3) is 8.94. The maximum atomic E-state index is 12.4. The first-order valence-corrected chi connectivity index (χ1v) is 20.7. The van der Waals surface area contributed by atoms with Crippen molar-refractivity contribution in [3.63, 3.8) is 0 Å². The Hall–Kier alpha value is -4.66. The highest BCUT2D eigenvalue weighted by Gasteiger charge is 2.34. The number of imidazole rings is 1. The molecule has 0 spiro atoms. The normalized spacial score (nSPS) is 15.9. The summed E-state index contributed by atoms with van der Waals surface area (Å²) in [4.78, 5) is 29.4. The van der Waals surface area contributed by atoms with Crippen molar-refractivity contribution in [2.24, 2.45) is 7.05 Å². The summed E-state index contributed by atoms with van der Waals surface area (Å²) in [6.45, 7) is 12.1. The molecule has 6 rings (SSSR count). The van der Waals surface area contributed by atoms with Gasteiger partial charge >= 0.3 is 6.09 Å². The van der Waals surface area contributed by atoms with Gasteiger partial charge in [-0.2, -0.15) is 0 Å². The topological polar surface area (TPSA) is 127 Å². The number of rotatable bonds is 15. The smallest absolute Gasteiger partial charge is 0.407 e. The Kier molecular flexibility index (Phi) is 11.6. The molecule has 4 heterocycles. The van der Waals surface area contributed by atoms with Crippen LogP contribution in [0.4, 0.5) is 10.5 Å². The fourth-order valence-electron chi connectivity index (χ4n) is 6.39. The minimum Gasteiger partial charge on any atom is -0.497 e. The van der Waals surface area contributed by atoms with Gasteiger partial charge in [0.25, 0.3) is 0 Å². The summed E-state index contributed by atoms with van der Waals surface area (Å²) in [5, 5.41) is 3.92. The van der Waals surface area contributed by atoms with Crippen molar-refractivity contribution in [3.8, 4) is 22.8 Å². The van der Waals surface area contributed by atoms with Gasteiger partial charge in [0.15, 0.2) is 5.65 Å². The van der Waals surface area contributed by atoms with Crippen LogP contribution in [0.15, 0.2) is 49.1 Å². The number of fused-ring (bicyclic) bond motifs is 2. The van der Waals surface area contributed by atoms with Crippen LogP contribution in [-0.4, -0.2) is 84.6 Å². The SMILES string of the molecule is COc1ccc(CN(C)c2cc(-c3cn(C)c4ncc(CO[C@@H]5CC[C@H]5NC(=O)OC(C)(C)C)cc34)nc3c2ncn3COCC[Si](C)C)c(OC)c1. The van der Waals surface area contributed by atoms with Gasteiger partial charge in [-0.15, -0.1) is 0 Å². The molecule has 1 amide bonds. The first-order chi connectivity index (χ1) is 25.3. The summed E-state index contributed by atoms with van der Waals surface area (Å²) in [5.41, 5.74) is 6.41. The number of alkyl carbamates (subject to hydrolysis) is 1. The van der Waals surface area contributed by atoms with E-state index in [9.17, 15) is 4.79 Å². The molecular formula is C39H52N7O6Si. The number of pyridine rings is 2. The Balaban J connectivity index is 1.31. The number of anilines is 1. The van der Waals surface area contributed by atoms with E-state index in [1.807, 2.05) is 67.7 Å². The second-order valence-electron chi connectivity index (χ2n) is 15.0. The summed E-state index contributed by atoms with van der Waals surface area (Å²) in [5.74, 6) is 1.48. The number of aromatic nitrogens is 5. The average Bonchev–Trinajstić information content (AvgIpc) is 3.67. The minimum absolute atomic E-state index is 0.0845. The molecule has 2 atom stereocenters. The van der Waals surface area contributed by atoms with Gasteiger partial charge in [-0.25, -0.2) is 19.7 Å². The molecule has 13 nitrogen and oxygen atoms in total. The van der Waals surface area contributed by atoms with Crippen molar-refractivity contribution < 1.29 is 28.5 Å². The number of aryl methyl sites for hydroxylation is 1. The van der Waals surface area contributed by atoms with Crippen molar-refractivity contribution in [2.45, 2.75) is 90.4 Å². The van der Waals surface area contributed by atoms with E-state index in [-0.39, 0.29) is 20.9 Å². The Morgan fingerprint density at radius 3 is 2.58 bits per heavy atom. The van der Waals surface area contributed by atoms with Crippen molar-refractivity contribution in [2.75, 3.05) is 32.8 Å². The van der Waals surface area contributed by atoms with Gasteiger partial charge in [-0.3, -0.25) is 4.57 Å². The second kappa shape index (κ2) is 16.1. The van der Waals surface area contributed by atoms with Gasteiger partial charge in [-0.05, 0) is 69.5 Å². The number of carbonyl (C=O) groups is 1. The molecule has 0 aliphatic heterocycles. The molecule has 283 valence electrons. The molecule has 1 fully saturated rings. The predicted octanol–water partition coefficient (Wildman–Crippen LogP) is 6.94. The van der Waals surface area contributed by atoms with Crippen LogP contribution in [0.5, 0.6) is 11.5 Å². The molecule has 14 heteroatoms. The van der Waals surface area contributed by atoms with Crippen molar-refractivity contribution in [1.82, 2.24) is 29.4 Å². The molecule has 0 unspecified atom stereocenters. The van der Waals surface area contributed by atoms with E-state index in [1.165, 1.54) is 0 Å². The van der Waals surface area contributed by atoms with E-state index in [0.717, 1.165) is 80.7 Å². The van der Waals surface area contributed by atoms with Crippen LogP contribution in [0.3, 0.4) is 0 Å². The Morgan fingerprint density at radius 2 is 1.89 bits per heavy atom. The summed E-state index contributed by atoms with van der Waals surface area (Å²) >= 11 is 0. The van der Waals surface area contributed by atoms with E-state index in [0.29, 0.717) is 26.5 Å². The number of ether oxygens (including phenoxy) is 5. The second-order valence-corrected chi connectivity index (χ2v) is 17.9. The third-order valence-electron chi connectivity index (χ3n) is 9.37. The summed E-state index contributed by atoms with van der Waals surface area (Å²) in [6.07, 6.45) is 6.93. The van der Waals surface area contributed by atoms with Crippen molar-refractivity contribution in [1.29, 1.82) is 0 Å². The van der Waals surface area contributed by atoms with Crippen LogP contribution in [-0.2, 0) is 41.1 Å². The summed E-state index contributed by atoms with van der Waals surface area (Å²) < 4.78 is 33.0. The first-order valence-electron chi connectivity index (χ1n) is 18.0. The zero-order valence-corrected chi connectivity index (χ0v) is 33.4. The van der Waals surface area contributed by atoms with Gasteiger partial charge in [-0.1, -0.05) is 13.1 Å². The number of nitrogens with one attached hydrogen (secondary N) is 1. The molecule has 1 radical (unpaired) electrons. The quantitative estimate of drug-likeness (QED) is 0.0891. The maximum Gasteiger partial charge on any atom is 0.407 e. The highest BCUT2D eigenvalue weighted by molar-refractivity contribution is 6.55. The fraction of sp³-hybridized carbons (Fsp3) is 0.487. The van der Waals surface area contributed by atoms with Crippen molar-refractivity contribution >= 4 is 42.8 Å². The number of benzene rings is 1. The lowest BCUT2D eigenvalue weighted by atomic mass is 9.89. The Morgan fingerprint density at radius 1 is 1.08 bits per heavy atom. The molecular weight excluding hydrogens is 691 g/mol. The first kappa shape index (κ1) is 38.1. The molecule has 1 saturated carbocycles. The standard InChI is InChI=1S/C39H52N7O6Si/c1-39(2,3)52-38(47)43-30-12-13-33(30)51-22-25-16-28-29(21-45(5)36(28)40-19-25)31-18-32(44(4)20-26-10-11-27(48-6)17-34(26)49-7)35-37(42-31)46(23-41-35)24-50-14-15-53(8)9/h10-11,16-19,21,23,30,33H,12-15,20,22,24H2,1-9H3,(H,43,47)/t30-,33-/m1/s1. The number of carbonyl (C=O) groups excluding carboxylic acids is 1. The van der Waals surface area contributed by atoms with E-state index >= 15 is 0 Å². The van der Waals surface area contributed by atoms with Gasteiger partial charge < -0.3 is 38.5 Å². The lowest BCUT2D eigenvalue weighted by molar-refractivity contribution is -0.0391. The summed E-state index contributed by atoms with van der Waals surface area (Å²) in [7, 11) is 6.97.